The second-order valence-electron chi connectivity index (χ2n) is 8.00. The number of carbonyl (C=O) groups is 2. The SMILES string of the molecule is CC(=O)[C@]1(c2ccccc2)Nc2ccccc2[C@H]1CC(=O)C1CCCCC1. The maximum Gasteiger partial charge on any atom is 0.160 e. The first-order valence-electron chi connectivity index (χ1n) is 10.1. The summed E-state index contributed by atoms with van der Waals surface area (Å²) >= 11 is 0. The van der Waals surface area contributed by atoms with Gasteiger partial charge in [0, 0.05) is 23.9 Å². The van der Waals surface area contributed by atoms with Gasteiger partial charge in [0.2, 0.25) is 0 Å². The number of fused-ring (bicyclic) bond motifs is 1. The molecule has 0 bridgehead atoms. The van der Waals surface area contributed by atoms with Crippen molar-refractivity contribution in [3.63, 3.8) is 0 Å². The largest absolute Gasteiger partial charge is 0.368 e. The second-order valence-corrected chi connectivity index (χ2v) is 8.00. The molecule has 1 fully saturated rings. The van der Waals surface area contributed by atoms with E-state index in [1.54, 1.807) is 6.92 Å². The number of Topliss-reactive ketones (excluding diaryl/α,β-unsaturated/α-hetero) is 2. The van der Waals surface area contributed by atoms with E-state index in [1.807, 2.05) is 48.5 Å². The number of para-hydroxylation sites is 1. The molecule has 140 valence electrons. The summed E-state index contributed by atoms with van der Waals surface area (Å²) in [5, 5.41) is 3.52. The topological polar surface area (TPSA) is 46.2 Å². The number of nitrogens with one attached hydrogen (secondary N) is 1. The molecular formula is C24H27NO2. The highest BCUT2D eigenvalue weighted by atomic mass is 16.1. The van der Waals surface area contributed by atoms with Crippen LogP contribution in [0.2, 0.25) is 0 Å². The molecule has 2 atom stereocenters. The molecule has 0 spiro atoms. The van der Waals surface area contributed by atoms with E-state index in [0.717, 1.165) is 42.5 Å². The van der Waals surface area contributed by atoms with Gasteiger partial charge in [0.15, 0.2) is 5.78 Å². The van der Waals surface area contributed by atoms with Crippen molar-refractivity contribution in [2.45, 2.75) is 56.9 Å². The van der Waals surface area contributed by atoms with Crippen LogP contribution in [0.5, 0.6) is 0 Å². The lowest BCUT2D eigenvalue weighted by Crippen LogP contribution is -2.44. The Morgan fingerprint density at radius 3 is 2.33 bits per heavy atom. The van der Waals surface area contributed by atoms with E-state index in [-0.39, 0.29) is 17.6 Å². The van der Waals surface area contributed by atoms with Gasteiger partial charge < -0.3 is 5.32 Å². The Morgan fingerprint density at radius 1 is 0.963 bits per heavy atom. The number of benzene rings is 2. The minimum atomic E-state index is -0.866. The first-order chi connectivity index (χ1) is 13.1. The van der Waals surface area contributed by atoms with Crippen LogP contribution in [0, 0.1) is 5.92 Å². The zero-order chi connectivity index (χ0) is 18.9. The highest BCUT2D eigenvalue weighted by Crippen LogP contribution is 2.51. The van der Waals surface area contributed by atoms with Gasteiger partial charge >= 0.3 is 0 Å². The molecule has 0 saturated heterocycles. The molecule has 0 amide bonds. The molecular weight excluding hydrogens is 334 g/mol. The fraction of sp³-hybridized carbons (Fsp3) is 0.417. The lowest BCUT2D eigenvalue weighted by molar-refractivity contribution is -0.125. The van der Waals surface area contributed by atoms with Gasteiger partial charge in [0.1, 0.15) is 11.3 Å². The molecule has 1 N–H and O–H groups in total. The second kappa shape index (κ2) is 7.30. The maximum atomic E-state index is 13.2. The standard InChI is InChI=1S/C24H27NO2/c1-17(26)24(19-12-6-3-7-13-19)21(20-14-8-9-15-22(20)25-24)16-23(27)18-10-4-2-5-11-18/h3,6-9,12-15,18,21,25H,2,4-5,10-11,16H2,1H3/t21-,24-/m1/s1. The van der Waals surface area contributed by atoms with Crippen LogP contribution >= 0.6 is 0 Å². The van der Waals surface area contributed by atoms with Gasteiger partial charge in [-0.1, -0.05) is 67.8 Å². The molecule has 0 aromatic heterocycles. The monoisotopic (exact) mass is 361 g/mol. The molecule has 2 aromatic carbocycles. The van der Waals surface area contributed by atoms with Crippen molar-refractivity contribution >= 4 is 17.3 Å². The van der Waals surface area contributed by atoms with E-state index in [4.69, 9.17) is 0 Å². The van der Waals surface area contributed by atoms with Crippen molar-refractivity contribution in [1.82, 2.24) is 0 Å². The van der Waals surface area contributed by atoms with E-state index in [1.165, 1.54) is 6.42 Å². The lowest BCUT2D eigenvalue weighted by atomic mass is 9.71. The quantitative estimate of drug-likeness (QED) is 0.794. The zero-order valence-electron chi connectivity index (χ0n) is 15.9. The van der Waals surface area contributed by atoms with E-state index >= 15 is 0 Å². The number of ketones is 2. The van der Waals surface area contributed by atoms with E-state index in [2.05, 4.69) is 11.4 Å². The lowest BCUT2D eigenvalue weighted by Gasteiger charge is -2.35. The Hall–Kier alpha value is -2.42. The third kappa shape index (κ3) is 3.09. The summed E-state index contributed by atoms with van der Waals surface area (Å²) in [5.74, 6) is 0.376. The van der Waals surface area contributed by atoms with Gasteiger partial charge in [0.25, 0.3) is 0 Å². The summed E-state index contributed by atoms with van der Waals surface area (Å²) in [5.41, 5.74) is 2.13. The van der Waals surface area contributed by atoms with Crippen LogP contribution < -0.4 is 5.32 Å². The number of hydrogen-bond donors (Lipinski definition) is 1. The van der Waals surface area contributed by atoms with Crippen molar-refractivity contribution in [2.75, 3.05) is 5.32 Å². The van der Waals surface area contributed by atoms with Crippen molar-refractivity contribution in [3.8, 4) is 0 Å². The average molecular weight is 361 g/mol. The molecule has 2 aliphatic rings. The summed E-state index contributed by atoms with van der Waals surface area (Å²) in [7, 11) is 0. The van der Waals surface area contributed by atoms with Crippen molar-refractivity contribution in [3.05, 3.63) is 65.7 Å². The summed E-state index contributed by atoms with van der Waals surface area (Å²) in [6.07, 6.45) is 5.94. The van der Waals surface area contributed by atoms with Gasteiger partial charge in [-0.2, -0.15) is 0 Å². The van der Waals surface area contributed by atoms with Crippen LogP contribution in [0.4, 0.5) is 5.69 Å². The summed E-state index contributed by atoms with van der Waals surface area (Å²) in [4.78, 5) is 26.2. The third-order valence-corrected chi connectivity index (χ3v) is 6.44. The Labute approximate surface area is 161 Å². The van der Waals surface area contributed by atoms with Crippen LogP contribution in [-0.2, 0) is 15.1 Å². The number of hydrogen-bond acceptors (Lipinski definition) is 3. The van der Waals surface area contributed by atoms with Crippen molar-refractivity contribution in [1.29, 1.82) is 0 Å². The Balaban J connectivity index is 1.76. The van der Waals surface area contributed by atoms with Crippen LogP contribution in [0.1, 0.15) is 62.5 Å². The average Bonchev–Trinajstić information content (AvgIpc) is 3.05. The van der Waals surface area contributed by atoms with E-state index in [0.29, 0.717) is 12.2 Å². The predicted molar refractivity (Wildman–Crippen MR) is 108 cm³/mol. The van der Waals surface area contributed by atoms with Crippen LogP contribution in [0.3, 0.4) is 0 Å². The minimum Gasteiger partial charge on any atom is -0.368 e. The number of rotatable bonds is 5. The summed E-state index contributed by atoms with van der Waals surface area (Å²) in [6.45, 7) is 1.64. The van der Waals surface area contributed by atoms with Crippen LogP contribution in [-0.4, -0.2) is 11.6 Å². The molecule has 1 heterocycles. The first-order valence-corrected chi connectivity index (χ1v) is 10.1. The van der Waals surface area contributed by atoms with Crippen molar-refractivity contribution in [2.24, 2.45) is 5.92 Å². The molecule has 1 saturated carbocycles. The fourth-order valence-electron chi connectivity index (χ4n) is 5.01. The summed E-state index contributed by atoms with van der Waals surface area (Å²) in [6, 6.07) is 17.9. The van der Waals surface area contributed by atoms with Gasteiger partial charge in [-0.25, -0.2) is 0 Å². The van der Waals surface area contributed by atoms with Gasteiger partial charge in [-0.15, -0.1) is 0 Å². The molecule has 27 heavy (non-hydrogen) atoms. The zero-order valence-corrected chi connectivity index (χ0v) is 15.9. The molecule has 3 heteroatoms. The number of carbonyl (C=O) groups excluding carboxylic acids is 2. The molecule has 2 aromatic rings. The highest BCUT2D eigenvalue weighted by molar-refractivity contribution is 5.96. The maximum absolute atomic E-state index is 13.2. The molecule has 0 unspecified atom stereocenters. The molecule has 4 rings (SSSR count). The van der Waals surface area contributed by atoms with Gasteiger partial charge in [-0.3, -0.25) is 9.59 Å². The smallest absolute Gasteiger partial charge is 0.160 e. The predicted octanol–water partition coefficient (Wildman–Crippen LogP) is 5.22. The summed E-state index contributed by atoms with van der Waals surface area (Å²) < 4.78 is 0. The Kier molecular flexibility index (Phi) is 4.86. The number of anilines is 1. The van der Waals surface area contributed by atoms with Crippen LogP contribution in [0.25, 0.3) is 0 Å². The van der Waals surface area contributed by atoms with Gasteiger partial charge in [-0.05, 0) is 37.0 Å². The Bertz CT molecular complexity index is 838. The van der Waals surface area contributed by atoms with E-state index in [9.17, 15) is 9.59 Å². The normalized spacial score (nSPS) is 24.9. The minimum absolute atomic E-state index is 0.0614. The van der Waals surface area contributed by atoms with E-state index < -0.39 is 5.54 Å². The van der Waals surface area contributed by atoms with Gasteiger partial charge in [0.05, 0.1) is 0 Å². The fourth-order valence-corrected chi connectivity index (χ4v) is 5.01. The Morgan fingerprint density at radius 2 is 1.63 bits per heavy atom. The first kappa shape index (κ1) is 18.0. The van der Waals surface area contributed by atoms with Crippen molar-refractivity contribution < 1.29 is 9.59 Å². The molecule has 1 aliphatic heterocycles. The third-order valence-electron chi connectivity index (χ3n) is 6.44. The van der Waals surface area contributed by atoms with Crippen LogP contribution in [0.15, 0.2) is 54.6 Å². The molecule has 1 aliphatic carbocycles. The highest BCUT2D eigenvalue weighted by Gasteiger charge is 2.51. The molecule has 3 nitrogen and oxygen atoms in total. The molecule has 0 radical (unpaired) electrons.